The lowest BCUT2D eigenvalue weighted by Gasteiger charge is -2.17. The Morgan fingerprint density at radius 2 is 1.62 bits per heavy atom. The van der Waals surface area contributed by atoms with Crippen LogP contribution in [0.3, 0.4) is 0 Å². The molecule has 0 saturated heterocycles. The van der Waals surface area contributed by atoms with Crippen LogP contribution in [0.1, 0.15) is 30.9 Å². The molecule has 1 heterocycles. The van der Waals surface area contributed by atoms with Gasteiger partial charge in [0.1, 0.15) is 30.1 Å². The summed E-state index contributed by atoms with van der Waals surface area (Å²) in [4.78, 5) is 76.8. The molecule has 1 aromatic rings. The maximum Gasteiger partial charge on any atom is 0.329 e. The number of hydrogen-bond donors (Lipinski definition) is 9. The lowest BCUT2D eigenvalue weighted by atomic mass is 10.2. The van der Waals surface area contributed by atoms with Crippen LogP contribution in [-0.4, -0.2) is 113 Å². The molecule has 0 fully saturated rings. The van der Waals surface area contributed by atoms with E-state index in [2.05, 4.69) is 15.3 Å². The molecule has 40 heavy (non-hydrogen) atoms. The fourth-order valence-corrected chi connectivity index (χ4v) is 5.06. The number of imidazole rings is 1. The average Bonchev–Trinajstić information content (AvgIpc) is 3.16. The van der Waals surface area contributed by atoms with Gasteiger partial charge in [-0.1, -0.05) is 21.6 Å². The minimum Gasteiger partial charge on any atom is -0.493 e. The van der Waals surface area contributed by atoms with Crippen molar-refractivity contribution in [3.63, 3.8) is 0 Å². The van der Waals surface area contributed by atoms with E-state index >= 15 is 0 Å². The summed E-state index contributed by atoms with van der Waals surface area (Å²) in [5, 5.41) is 51.5. The van der Waals surface area contributed by atoms with Gasteiger partial charge in [-0.2, -0.15) is 0 Å². The van der Waals surface area contributed by atoms with Crippen molar-refractivity contribution in [3.05, 3.63) is 11.5 Å². The van der Waals surface area contributed by atoms with Crippen LogP contribution in [0.15, 0.2) is 4.99 Å². The third-order valence-electron chi connectivity index (χ3n) is 4.80. The molecule has 4 atom stereocenters. The second-order valence-electron chi connectivity index (χ2n) is 7.96. The van der Waals surface area contributed by atoms with Crippen LogP contribution >= 0.6 is 21.6 Å². The molecule has 222 valence electrons. The molecule has 0 aromatic carbocycles. The molecule has 2 amide bonds. The molecule has 0 radical (unpaired) electrons. The number of aliphatic imine (C=N–C) groups is 1. The van der Waals surface area contributed by atoms with Crippen molar-refractivity contribution < 1.29 is 54.3 Å². The van der Waals surface area contributed by atoms with Crippen LogP contribution in [-0.2, 0) is 35.3 Å². The van der Waals surface area contributed by atoms with Gasteiger partial charge in [0.05, 0.1) is 25.2 Å². The number of rotatable bonds is 18. The van der Waals surface area contributed by atoms with Gasteiger partial charge in [0.15, 0.2) is 6.04 Å². The van der Waals surface area contributed by atoms with E-state index in [0.717, 1.165) is 32.4 Å². The minimum atomic E-state index is -1.77. The second kappa shape index (κ2) is 16.3. The number of hydrogen-bond acceptors (Lipinski definition) is 13. The molecule has 0 bridgehead atoms. The first-order valence-electron chi connectivity index (χ1n) is 11.2. The van der Waals surface area contributed by atoms with Crippen molar-refractivity contribution in [1.82, 2.24) is 20.2 Å². The van der Waals surface area contributed by atoms with Gasteiger partial charge in [-0.05, 0) is 6.92 Å². The fourth-order valence-electron chi connectivity index (χ4n) is 2.82. The van der Waals surface area contributed by atoms with E-state index in [9.17, 15) is 39.0 Å². The van der Waals surface area contributed by atoms with E-state index in [1.807, 2.05) is 5.32 Å². The molecular weight excluding hydrogens is 578 g/mol. The minimum absolute atomic E-state index is 0.00821. The third kappa shape index (κ3) is 11.1. The number of nitrogens with zero attached hydrogens (tertiary/aromatic N) is 3. The average molecular weight is 608 g/mol. The van der Waals surface area contributed by atoms with Crippen molar-refractivity contribution in [2.24, 2.45) is 16.5 Å². The number of carboxylic acid groups (broad SMARTS) is 4. The number of aromatic nitrogens is 2. The lowest BCUT2D eigenvalue weighted by molar-refractivity contribution is -0.147. The van der Waals surface area contributed by atoms with Gasteiger partial charge in [-0.25, -0.2) is 14.6 Å². The molecular formula is C20H29N7O11S2. The van der Waals surface area contributed by atoms with Crippen molar-refractivity contribution in [1.29, 1.82) is 0 Å². The predicted octanol–water partition coefficient (Wildman–Crippen LogP) is -2.57. The third-order valence-corrected chi connectivity index (χ3v) is 7.23. The SMILES string of the molecule is CC(NC(=O)CN)c1nc(C=NC(CSSCC(N)C(=O)O)C(=O)O)c(O)n1CC(=O)NC(CC(=O)O)C(=O)O. The zero-order chi connectivity index (χ0) is 30.6. The molecule has 0 aliphatic rings. The highest BCUT2D eigenvalue weighted by molar-refractivity contribution is 8.76. The molecule has 0 aliphatic heterocycles. The number of aliphatic carboxylic acids is 4. The maximum absolute atomic E-state index is 12.5. The summed E-state index contributed by atoms with van der Waals surface area (Å²) in [5.74, 6) is -8.17. The molecule has 0 spiro atoms. The first kappa shape index (κ1) is 34.1. The van der Waals surface area contributed by atoms with E-state index in [1.54, 1.807) is 0 Å². The largest absolute Gasteiger partial charge is 0.493 e. The highest BCUT2D eigenvalue weighted by Crippen LogP contribution is 2.25. The lowest BCUT2D eigenvalue weighted by Crippen LogP contribution is -2.43. The summed E-state index contributed by atoms with van der Waals surface area (Å²) in [6.07, 6.45) is 0.00200. The van der Waals surface area contributed by atoms with Gasteiger partial charge in [-0.3, -0.25) is 28.7 Å². The Balaban J connectivity index is 3.21. The molecule has 18 nitrogen and oxygen atoms in total. The number of aromatic hydroxyl groups is 1. The van der Waals surface area contributed by atoms with Gasteiger partial charge in [0, 0.05) is 11.5 Å². The Hall–Kier alpha value is -3.88. The van der Waals surface area contributed by atoms with Crippen LogP contribution in [0, 0.1) is 0 Å². The number of carboxylic acids is 4. The topological polar surface area (TPSA) is 310 Å². The van der Waals surface area contributed by atoms with Crippen molar-refractivity contribution in [2.75, 3.05) is 18.1 Å². The predicted molar refractivity (Wildman–Crippen MR) is 141 cm³/mol. The fraction of sp³-hybridized carbons (Fsp3) is 0.500. The Kier molecular flexibility index (Phi) is 13.9. The second-order valence-corrected chi connectivity index (χ2v) is 10.5. The monoisotopic (exact) mass is 607 g/mol. The van der Waals surface area contributed by atoms with Gasteiger partial charge >= 0.3 is 23.9 Å². The van der Waals surface area contributed by atoms with Crippen molar-refractivity contribution >= 4 is 63.5 Å². The Bertz CT molecular complexity index is 1140. The molecule has 1 rings (SSSR count). The van der Waals surface area contributed by atoms with E-state index in [4.69, 9.17) is 26.8 Å². The normalized spacial score (nSPS) is 14.2. The summed E-state index contributed by atoms with van der Waals surface area (Å²) in [6.45, 7) is 0.284. The molecule has 20 heteroatoms. The highest BCUT2D eigenvalue weighted by atomic mass is 33.1. The molecule has 0 aliphatic carbocycles. The number of carbonyl (C=O) groups is 6. The van der Waals surface area contributed by atoms with Crippen LogP contribution < -0.4 is 22.1 Å². The van der Waals surface area contributed by atoms with Crippen LogP contribution in [0.25, 0.3) is 0 Å². The molecule has 1 aromatic heterocycles. The van der Waals surface area contributed by atoms with Crippen LogP contribution in [0.5, 0.6) is 5.88 Å². The van der Waals surface area contributed by atoms with Gasteiger partial charge in [-0.15, -0.1) is 0 Å². The first-order valence-corrected chi connectivity index (χ1v) is 13.7. The van der Waals surface area contributed by atoms with E-state index in [-0.39, 0.29) is 23.0 Å². The zero-order valence-corrected chi connectivity index (χ0v) is 22.6. The van der Waals surface area contributed by atoms with E-state index in [1.165, 1.54) is 6.92 Å². The van der Waals surface area contributed by atoms with Gasteiger partial charge < -0.3 is 47.6 Å². The summed E-state index contributed by atoms with van der Waals surface area (Å²) in [5.41, 5.74) is 10.4. The van der Waals surface area contributed by atoms with Crippen molar-refractivity contribution in [2.45, 2.75) is 44.1 Å². The maximum atomic E-state index is 12.5. The van der Waals surface area contributed by atoms with Crippen molar-refractivity contribution in [3.8, 4) is 5.88 Å². The van der Waals surface area contributed by atoms with E-state index in [0.29, 0.717) is 0 Å². The Labute approximate surface area is 234 Å². The molecule has 11 N–H and O–H groups in total. The van der Waals surface area contributed by atoms with E-state index < -0.39 is 85.2 Å². The number of nitrogens with two attached hydrogens (primary N) is 2. The Morgan fingerprint density at radius 3 is 2.15 bits per heavy atom. The first-order chi connectivity index (χ1) is 18.7. The van der Waals surface area contributed by atoms with Gasteiger partial charge in [0.25, 0.3) is 0 Å². The zero-order valence-electron chi connectivity index (χ0n) is 20.9. The van der Waals surface area contributed by atoms with Gasteiger partial charge in [0.2, 0.25) is 17.7 Å². The summed E-state index contributed by atoms with van der Waals surface area (Å²) in [6, 6.07) is -5.22. The number of carbonyl (C=O) groups excluding carboxylic acids is 2. The molecule has 4 unspecified atom stereocenters. The number of nitrogens with one attached hydrogen (secondary N) is 2. The smallest absolute Gasteiger partial charge is 0.329 e. The standard InChI is InChI=1S/C20H29N7O11S2/c1-8(24-13(28)3-21)16-26-11(4-23-12(20(37)38)7-40-39-6-9(22)18(33)34)17(32)27(16)5-14(29)25-10(19(35)36)2-15(30)31/h4,8-10,12,32H,2-3,5-7,21-22H2,1H3,(H,24,28)(H,25,29)(H,30,31)(H,33,34)(H,35,36)(H,37,38). The summed E-state index contributed by atoms with van der Waals surface area (Å²) in [7, 11) is 2.03. The van der Waals surface area contributed by atoms with Crippen LogP contribution in [0.2, 0.25) is 0 Å². The molecule has 0 saturated carbocycles. The van der Waals surface area contributed by atoms with Crippen LogP contribution in [0.4, 0.5) is 0 Å². The number of amides is 2. The quantitative estimate of drug-likeness (QED) is 0.0470. The Morgan fingerprint density at radius 1 is 1.00 bits per heavy atom. The summed E-state index contributed by atoms with van der Waals surface area (Å²) < 4.78 is 0.894. The highest BCUT2D eigenvalue weighted by Gasteiger charge is 2.27. The summed E-state index contributed by atoms with van der Waals surface area (Å²) >= 11 is 0.